The fourth-order valence-electron chi connectivity index (χ4n) is 2.29. The van der Waals surface area contributed by atoms with Crippen molar-refractivity contribution in [3.05, 3.63) is 57.7 Å². The number of nitrogens with one attached hydrogen (secondary N) is 1. The molecule has 3 heterocycles. The topological polar surface area (TPSA) is 99.7 Å². The van der Waals surface area contributed by atoms with Gasteiger partial charge < -0.3 is 0 Å². The first kappa shape index (κ1) is 13.0. The average Bonchev–Trinajstić information content (AvgIpc) is 2.92. The molecule has 0 unspecified atom stereocenters. The normalized spacial score (nSPS) is 10.7. The highest BCUT2D eigenvalue weighted by Crippen LogP contribution is 2.12. The summed E-state index contributed by atoms with van der Waals surface area (Å²) in [6.45, 7) is 1.91. The van der Waals surface area contributed by atoms with Gasteiger partial charge in [-0.2, -0.15) is 5.26 Å². The van der Waals surface area contributed by atoms with Crippen molar-refractivity contribution >= 4 is 5.65 Å². The predicted octanol–water partition coefficient (Wildman–Crippen LogP) is 0.837. The second-order valence-electron chi connectivity index (χ2n) is 4.58. The average molecular weight is 280 g/mol. The zero-order valence-electron chi connectivity index (χ0n) is 11.4. The summed E-state index contributed by atoms with van der Waals surface area (Å²) in [7, 11) is 0. The molecule has 0 spiro atoms. The zero-order chi connectivity index (χ0) is 14.8. The lowest BCUT2D eigenvalue weighted by atomic mass is 10.1. The molecule has 0 saturated carbocycles. The molecular formula is C14H12N6O. The summed E-state index contributed by atoms with van der Waals surface area (Å²) in [4.78, 5) is 24.9. The Hall–Kier alpha value is -3.01. The lowest BCUT2D eigenvalue weighted by molar-refractivity contribution is 0.839. The third-order valence-electron chi connectivity index (χ3n) is 3.30. The Morgan fingerprint density at radius 1 is 1.38 bits per heavy atom. The lowest BCUT2D eigenvalue weighted by Crippen LogP contribution is -2.22. The Balaban J connectivity index is 2.21. The van der Waals surface area contributed by atoms with Gasteiger partial charge in [0, 0.05) is 30.6 Å². The standard InChI is InChI=1S/C14H12N6O/c1-2-11-12(3-9-5-16-8-17-6-9)19-13-10(4-15)7-18-20(13)14(11)21/h5-8,18H,2-3H2,1H3. The van der Waals surface area contributed by atoms with Crippen LogP contribution in [-0.2, 0) is 12.8 Å². The first-order chi connectivity index (χ1) is 10.2. The fraction of sp³-hybridized carbons (Fsp3) is 0.214. The molecule has 0 aliphatic rings. The molecule has 0 aliphatic carbocycles. The minimum absolute atomic E-state index is 0.171. The molecule has 3 rings (SSSR count). The van der Waals surface area contributed by atoms with Crippen LogP contribution < -0.4 is 5.56 Å². The molecule has 0 saturated heterocycles. The number of nitriles is 1. The third kappa shape index (κ3) is 2.17. The third-order valence-corrected chi connectivity index (χ3v) is 3.30. The van der Waals surface area contributed by atoms with E-state index in [1.165, 1.54) is 17.0 Å². The largest absolute Gasteiger partial charge is 0.295 e. The van der Waals surface area contributed by atoms with E-state index in [0.29, 0.717) is 35.3 Å². The summed E-state index contributed by atoms with van der Waals surface area (Å²) in [6, 6.07) is 2.03. The maximum atomic E-state index is 12.5. The monoisotopic (exact) mass is 280 g/mol. The number of rotatable bonds is 3. The summed E-state index contributed by atoms with van der Waals surface area (Å²) < 4.78 is 1.31. The Morgan fingerprint density at radius 3 is 2.81 bits per heavy atom. The summed E-state index contributed by atoms with van der Waals surface area (Å²) >= 11 is 0. The van der Waals surface area contributed by atoms with E-state index in [0.717, 1.165) is 5.56 Å². The number of fused-ring (bicyclic) bond motifs is 1. The van der Waals surface area contributed by atoms with Crippen LogP contribution in [0, 0.1) is 11.3 Å². The molecule has 3 aromatic heterocycles. The number of hydrogen-bond acceptors (Lipinski definition) is 5. The Labute approximate surface area is 119 Å². The second-order valence-corrected chi connectivity index (χ2v) is 4.58. The minimum atomic E-state index is -0.171. The van der Waals surface area contributed by atoms with Crippen molar-refractivity contribution in [1.29, 1.82) is 5.26 Å². The van der Waals surface area contributed by atoms with E-state index >= 15 is 0 Å². The molecular weight excluding hydrogens is 268 g/mol. The van der Waals surface area contributed by atoms with Gasteiger partial charge in [-0.05, 0) is 12.0 Å². The van der Waals surface area contributed by atoms with Crippen LogP contribution in [0.25, 0.3) is 5.65 Å². The Kier molecular flexibility index (Phi) is 3.20. The Bertz CT molecular complexity index is 887. The first-order valence-electron chi connectivity index (χ1n) is 6.50. The maximum absolute atomic E-state index is 12.5. The van der Waals surface area contributed by atoms with Gasteiger partial charge in [0.1, 0.15) is 18.0 Å². The van der Waals surface area contributed by atoms with Gasteiger partial charge in [0.05, 0.1) is 5.69 Å². The quantitative estimate of drug-likeness (QED) is 0.766. The van der Waals surface area contributed by atoms with E-state index in [1.54, 1.807) is 12.4 Å². The summed E-state index contributed by atoms with van der Waals surface area (Å²) in [6.07, 6.45) is 7.36. The van der Waals surface area contributed by atoms with Gasteiger partial charge in [-0.3, -0.25) is 9.89 Å². The second kappa shape index (κ2) is 5.17. The van der Waals surface area contributed by atoms with Crippen LogP contribution >= 0.6 is 0 Å². The van der Waals surface area contributed by atoms with E-state index in [-0.39, 0.29) is 5.56 Å². The predicted molar refractivity (Wildman–Crippen MR) is 74.7 cm³/mol. The maximum Gasteiger partial charge on any atom is 0.276 e. The summed E-state index contributed by atoms with van der Waals surface area (Å²) in [5, 5.41) is 11.8. The number of H-pyrrole nitrogens is 1. The van der Waals surface area contributed by atoms with Crippen molar-refractivity contribution in [2.75, 3.05) is 0 Å². The van der Waals surface area contributed by atoms with Crippen molar-refractivity contribution < 1.29 is 0 Å². The Morgan fingerprint density at radius 2 is 2.14 bits per heavy atom. The van der Waals surface area contributed by atoms with E-state index in [9.17, 15) is 4.79 Å². The van der Waals surface area contributed by atoms with Crippen LogP contribution in [0.15, 0.2) is 29.7 Å². The van der Waals surface area contributed by atoms with Gasteiger partial charge in [0.25, 0.3) is 5.56 Å². The summed E-state index contributed by atoms with van der Waals surface area (Å²) in [5.41, 5.74) is 2.69. The molecule has 0 amide bonds. The number of aromatic nitrogens is 5. The van der Waals surface area contributed by atoms with Gasteiger partial charge >= 0.3 is 0 Å². The van der Waals surface area contributed by atoms with Crippen molar-refractivity contribution in [1.82, 2.24) is 24.6 Å². The van der Waals surface area contributed by atoms with E-state index in [2.05, 4.69) is 20.1 Å². The fourth-order valence-corrected chi connectivity index (χ4v) is 2.29. The van der Waals surface area contributed by atoms with Gasteiger partial charge in [0.2, 0.25) is 0 Å². The highest BCUT2D eigenvalue weighted by Gasteiger charge is 2.15. The zero-order valence-corrected chi connectivity index (χ0v) is 11.4. The number of nitrogens with zero attached hydrogens (tertiary/aromatic N) is 5. The van der Waals surface area contributed by atoms with Gasteiger partial charge in [-0.25, -0.2) is 19.5 Å². The van der Waals surface area contributed by atoms with Crippen molar-refractivity contribution in [3.8, 4) is 6.07 Å². The highest BCUT2D eigenvalue weighted by atomic mass is 16.1. The first-order valence-corrected chi connectivity index (χ1v) is 6.50. The lowest BCUT2D eigenvalue weighted by Gasteiger charge is -2.07. The SMILES string of the molecule is CCc1c(Cc2cncnc2)nc2c(C#N)c[nH]n2c1=O. The highest BCUT2D eigenvalue weighted by molar-refractivity contribution is 5.54. The van der Waals surface area contributed by atoms with Gasteiger partial charge in [-0.15, -0.1) is 0 Å². The molecule has 0 aliphatic heterocycles. The smallest absolute Gasteiger partial charge is 0.276 e. The van der Waals surface area contributed by atoms with Crippen LogP contribution in [0.2, 0.25) is 0 Å². The summed E-state index contributed by atoms with van der Waals surface area (Å²) in [5.74, 6) is 0. The van der Waals surface area contributed by atoms with E-state index in [1.807, 2.05) is 13.0 Å². The van der Waals surface area contributed by atoms with Crippen LogP contribution in [0.1, 0.15) is 29.3 Å². The molecule has 104 valence electrons. The molecule has 7 heteroatoms. The molecule has 0 aromatic carbocycles. The number of aromatic amines is 1. The van der Waals surface area contributed by atoms with E-state index < -0.39 is 0 Å². The van der Waals surface area contributed by atoms with Crippen molar-refractivity contribution in [3.63, 3.8) is 0 Å². The molecule has 0 bridgehead atoms. The van der Waals surface area contributed by atoms with Gasteiger partial charge in [0.15, 0.2) is 5.65 Å². The molecule has 0 radical (unpaired) electrons. The van der Waals surface area contributed by atoms with Crippen LogP contribution in [0.3, 0.4) is 0 Å². The van der Waals surface area contributed by atoms with Crippen LogP contribution in [0.4, 0.5) is 0 Å². The minimum Gasteiger partial charge on any atom is -0.295 e. The number of hydrogen-bond donors (Lipinski definition) is 1. The van der Waals surface area contributed by atoms with Gasteiger partial charge in [-0.1, -0.05) is 6.92 Å². The molecule has 7 nitrogen and oxygen atoms in total. The molecule has 1 N–H and O–H groups in total. The van der Waals surface area contributed by atoms with Crippen molar-refractivity contribution in [2.45, 2.75) is 19.8 Å². The molecule has 21 heavy (non-hydrogen) atoms. The molecule has 0 fully saturated rings. The molecule has 3 aromatic rings. The molecule has 0 atom stereocenters. The van der Waals surface area contributed by atoms with Crippen molar-refractivity contribution in [2.24, 2.45) is 0 Å². The van der Waals surface area contributed by atoms with E-state index in [4.69, 9.17) is 5.26 Å². The van der Waals surface area contributed by atoms with Crippen LogP contribution in [-0.4, -0.2) is 24.6 Å². The van der Waals surface area contributed by atoms with Crippen LogP contribution in [0.5, 0.6) is 0 Å².